The highest BCUT2D eigenvalue weighted by Crippen LogP contribution is 2.24. The van der Waals surface area contributed by atoms with Gasteiger partial charge in [0.2, 0.25) is 5.89 Å². The maximum atomic E-state index is 12.0. The topological polar surface area (TPSA) is 74.2 Å². The minimum atomic E-state index is -4.23. The predicted molar refractivity (Wildman–Crippen MR) is 59.2 cm³/mol. The van der Waals surface area contributed by atoms with E-state index in [4.69, 9.17) is 15.0 Å². The summed E-state index contributed by atoms with van der Waals surface area (Å²) in [6.07, 6.45) is -2.10. The Morgan fingerprint density at radius 2 is 2.16 bits per heavy atom. The van der Waals surface area contributed by atoms with Crippen molar-refractivity contribution >= 4 is 0 Å². The van der Waals surface area contributed by atoms with Crippen molar-refractivity contribution in [3.05, 3.63) is 11.7 Å². The van der Waals surface area contributed by atoms with E-state index < -0.39 is 18.6 Å². The van der Waals surface area contributed by atoms with E-state index >= 15 is 0 Å². The van der Waals surface area contributed by atoms with Crippen LogP contribution in [0, 0.1) is 0 Å². The molecule has 0 radical (unpaired) electrons. The molecule has 2 N–H and O–H groups in total. The molecule has 1 heterocycles. The van der Waals surface area contributed by atoms with E-state index in [1.807, 2.05) is 0 Å². The summed E-state index contributed by atoms with van der Waals surface area (Å²) in [4.78, 5) is 3.85. The van der Waals surface area contributed by atoms with E-state index in [0.717, 1.165) is 19.3 Å². The van der Waals surface area contributed by atoms with Crippen LogP contribution in [-0.2, 0) is 11.2 Å². The maximum Gasteiger partial charge on any atom is 0.389 e. The molecular formula is C11H16F3N3O2. The predicted octanol–water partition coefficient (Wildman–Crippen LogP) is 2.13. The van der Waals surface area contributed by atoms with Crippen LogP contribution in [0.3, 0.4) is 0 Å². The molecule has 1 aromatic heterocycles. The van der Waals surface area contributed by atoms with Gasteiger partial charge >= 0.3 is 6.18 Å². The molecule has 108 valence electrons. The van der Waals surface area contributed by atoms with Crippen molar-refractivity contribution < 1.29 is 22.4 Å². The second kappa shape index (κ2) is 5.87. The van der Waals surface area contributed by atoms with Crippen LogP contribution in [0.15, 0.2) is 4.52 Å². The molecule has 1 fully saturated rings. The summed E-state index contributed by atoms with van der Waals surface area (Å²) in [6, 6.07) is -0.566. The van der Waals surface area contributed by atoms with Gasteiger partial charge < -0.3 is 15.0 Å². The fourth-order valence-electron chi connectivity index (χ4n) is 1.62. The number of alkyl halides is 3. The van der Waals surface area contributed by atoms with Crippen molar-refractivity contribution in [3.8, 4) is 0 Å². The zero-order valence-electron chi connectivity index (χ0n) is 10.3. The Morgan fingerprint density at radius 1 is 1.42 bits per heavy atom. The summed E-state index contributed by atoms with van der Waals surface area (Å²) in [5.41, 5.74) is 5.79. The number of nitrogens with two attached hydrogens (primary N) is 1. The molecule has 1 saturated carbocycles. The molecule has 1 atom stereocenters. The number of hydrogen-bond donors (Lipinski definition) is 1. The maximum absolute atomic E-state index is 12.0. The Kier molecular flexibility index (Phi) is 4.41. The van der Waals surface area contributed by atoms with Gasteiger partial charge in [0.05, 0.1) is 25.2 Å². The Bertz CT molecular complexity index is 404. The Balaban J connectivity index is 1.78. The smallest absolute Gasteiger partial charge is 0.376 e. The number of aromatic nitrogens is 2. The normalized spacial score (nSPS) is 18.3. The Hall–Kier alpha value is -1.15. The summed E-state index contributed by atoms with van der Waals surface area (Å²) < 4.78 is 46.3. The third kappa shape index (κ3) is 4.46. The van der Waals surface area contributed by atoms with Crippen molar-refractivity contribution in [2.75, 3.05) is 6.61 Å². The molecular weight excluding hydrogens is 263 g/mol. The van der Waals surface area contributed by atoms with E-state index in [9.17, 15) is 13.2 Å². The summed E-state index contributed by atoms with van der Waals surface area (Å²) in [7, 11) is 0. The zero-order chi connectivity index (χ0) is 13.9. The SMILES string of the molecule is NC(COC1CCC1)c1noc(CCC(F)(F)F)n1. The van der Waals surface area contributed by atoms with Gasteiger partial charge in [-0.15, -0.1) is 0 Å². The van der Waals surface area contributed by atoms with Crippen LogP contribution in [-0.4, -0.2) is 29.0 Å². The highest BCUT2D eigenvalue weighted by molar-refractivity contribution is 4.93. The number of nitrogens with zero attached hydrogens (tertiary/aromatic N) is 2. The molecule has 0 aliphatic heterocycles. The fourth-order valence-corrected chi connectivity index (χ4v) is 1.62. The van der Waals surface area contributed by atoms with E-state index in [1.165, 1.54) is 0 Å². The molecule has 0 spiro atoms. The molecule has 1 aromatic rings. The Morgan fingerprint density at radius 3 is 2.74 bits per heavy atom. The molecule has 5 nitrogen and oxygen atoms in total. The number of hydrogen-bond acceptors (Lipinski definition) is 5. The summed E-state index contributed by atoms with van der Waals surface area (Å²) in [5.74, 6) is 0.142. The van der Waals surface area contributed by atoms with Crippen LogP contribution in [0.4, 0.5) is 13.2 Å². The van der Waals surface area contributed by atoms with Crippen LogP contribution in [0.2, 0.25) is 0 Å². The first-order chi connectivity index (χ1) is 8.94. The number of aryl methyl sites for hydroxylation is 1. The molecule has 0 bridgehead atoms. The average molecular weight is 279 g/mol. The average Bonchev–Trinajstić information content (AvgIpc) is 2.71. The fraction of sp³-hybridized carbons (Fsp3) is 0.818. The standard InChI is InChI=1S/C11H16F3N3O2/c12-11(13,14)5-4-9-16-10(17-19-9)8(15)6-18-7-2-1-3-7/h7-8H,1-6,15H2. The molecule has 0 aromatic carbocycles. The van der Waals surface area contributed by atoms with Gasteiger partial charge in [-0.2, -0.15) is 18.2 Å². The van der Waals surface area contributed by atoms with Crippen LogP contribution < -0.4 is 5.73 Å². The van der Waals surface area contributed by atoms with E-state index in [-0.39, 0.29) is 30.8 Å². The second-order valence-electron chi connectivity index (χ2n) is 4.65. The van der Waals surface area contributed by atoms with Gasteiger partial charge in [-0.3, -0.25) is 0 Å². The van der Waals surface area contributed by atoms with Gasteiger partial charge in [0.15, 0.2) is 5.82 Å². The number of halogens is 3. The number of rotatable bonds is 6. The van der Waals surface area contributed by atoms with Gasteiger partial charge in [-0.05, 0) is 19.3 Å². The molecule has 1 unspecified atom stereocenters. The lowest BCUT2D eigenvalue weighted by atomic mass is 9.96. The van der Waals surface area contributed by atoms with Crippen LogP contribution >= 0.6 is 0 Å². The minimum absolute atomic E-state index is 0.0496. The third-order valence-electron chi connectivity index (χ3n) is 3.00. The van der Waals surface area contributed by atoms with E-state index in [2.05, 4.69) is 10.1 Å². The van der Waals surface area contributed by atoms with Crippen molar-refractivity contribution in [2.45, 2.75) is 50.4 Å². The van der Waals surface area contributed by atoms with E-state index in [1.54, 1.807) is 0 Å². The summed E-state index contributed by atoms with van der Waals surface area (Å²) >= 11 is 0. The summed E-state index contributed by atoms with van der Waals surface area (Å²) in [5, 5.41) is 3.58. The summed E-state index contributed by atoms with van der Waals surface area (Å²) in [6.45, 7) is 0.253. The van der Waals surface area contributed by atoms with Crippen LogP contribution in [0.5, 0.6) is 0 Å². The minimum Gasteiger partial charge on any atom is -0.376 e. The van der Waals surface area contributed by atoms with E-state index in [0.29, 0.717) is 0 Å². The van der Waals surface area contributed by atoms with Gasteiger partial charge in [0.1, 0.15) is 0 Å². The van der Waals surface area contributed by atoms with Crippen LogP contribution in [0.25, 0.3) is 0 Å². The van der Waals surface area contributed by atoms with Crippen molar-refractivity contribution in [1.29, 1.82) is 0 Å². The quantitative estimate of drug-likeness (QED) is 0.863. The lowest BCUT2D eigenvalue weighted by Gasteiger charge is -2.26. The zero-order valence-corrected chi connectivity index (χ0v) is 10.3. The molecule has 2 rings (SSSR count). The molecule has 0 saturated heterocycles. The number of ether oxygens (including phenoxy) is 1. The molecule has 1 aliphatic rings. The first kappa shape index (κ1) is 14.3. The van der Waals surface area contributed by atoms with Gasteiger partial charge in [0, 0.05) is 6.42 Å². The molecule has 1 aliphatic carbocycles. The first-order valence-electron chi connectivity index (χ1n) is 6.20. The Labute approximate surface area is 108 Å². The first-order valence-corrected chi connectivity index (χ1v) is 6.20. The lowest BCUT2D eigenvalue weighted by Crippen LogP contribution is -2.27. The molecule has 0 amide bonds. The molecule has 19 heavy (non-hydrogen) atoms. The van der Waals surface area contributed by atoms with Gasteiger partial charge in [0.25, 0.3) is 0 Å². The highest BCUT2D eigenvalue weighted by atomic mass is 19.4. The molecule has 8 heteroatoms. The lowest BCUT2D eigenvalue weighted by molar-refractivity contribution is -0.134. The van der Waals surface area contributed by atoms with Crippen molar-refractivity contribution in [3.63, 3.8) is 0 Å². The largest absolute Gasteiger partial charge is 0.389 e. The third-order valence-corrected chi connectivity index (χ3v) is 3.00. The van der Waals surface area contributed by atoms with Crippen LogP contribution in [0.1, 0.15) is 43.4 Å². The van der Waals surface area contributed by atoms with Crippen molar-refractivity contribution in [1.82, 2.24) is 10.1 Å². The van der Waals surface area contributed by atoms with Gasteiger partial charge in [-0.1, -0.05) is 5.16 Å². The van der Waals surface area contributed by atoms with Crippen molar-refractivity contribution in [2.24, 2.45) is 5.73 Å². The monoisotopic (exact) mass is 279 g/mol. The van der Waals surface area contributed by atoms with Gasteiger partial charge in [-0.25, -0.2) is 0 Å². The highest BCUT2D eigenvalue weighted by Gasteiger charge is 2.28. The second-order valence-corrected chi connectivity index (χ2v) is 4.65.